The maximum Gasteiger partial charge on any atom is 0.337 e. The van der Waals surface area contributed by atoms with Crippen LogP contribution in [0.25, 0.3) is 0 Å². The highest BCUT2D eigenvalue weighted by molar-refractivity contribution is 5.89. The molecule has 1 aromatic heterocycles. The van der Waals surface area contributed by atoms with Gasteiger partial charge in [-0.3, -0.25) is 4.98 Å². The molecule has 1 aliphatic rings. The standard InChI is InChI=1S/C10H10FNO2/c1-14-9(13)7-2-5-12-8(6-7)10(11)3-4-10/h2,5-6H,3-4H2,1H3. The summed E-state index contributed by atoms with van der Waals surface area (Å²) in [7, 11) is 1.30. The number of methoxy groups -OCH3 is 1. The summed E-state index contributed by atoms with van der Waals surface area (Å²) < 4.78 is 18.1. The SMILES string of the molecule is COC(=O)c1ccnc(C2(F)CC2)c1. The summed E-state index contributed by atoms with van der Waals surface area (Å²) in [6.45, 7) is 0. The third-order valence-corrected chi connectivity index (χ3v) is 2.33. The lowest BCUT2D eigenvalue weighted by molar-refractivity contribution is 0.0600. The Hall–Kier alpha value is -1.45. The Morgan fingerprint density at radius 2 is 2.36 bits per heavy atom. The Bertz CT molecular complexity index is 374. The summed E-state index contributed by atoms with van der Waals surface area (Å²) in [6.07, 6.45) is 2.41. The second kappa shape index (κ2) is 3.04. The van der Waals surface area contributed by atoms with Crippen LogP contribution in [0.15, 0.2) is 18.3 Å². The van der Waals surface area contributed by atoms with E-state index < -0.39 is 11.6 Å². The molecule has 74 valence electrons. The van der Waals surface area contributed by atoms with Gasteiger partial charge in [-0.15, -0.1) is 0 Å². The van der Waals surface area contributed by atoms with Crippen LogP contribution in [0.1, 0.15) is 28.9 Å². The normalized spacial score (nSPS) is 17.6. The van der Waals surface area contributed by atoms with Crippen molar-refractivity contribution < 1.29 is 13.9 Å². The number of rotatable bonds is 2. The number of carbonyl (C=O) groups is 1. The number of aromatic nitrogens is 1. The highest BCUT2D eigenvalue weighted by Crippen LogP contribution is 2.48. The van der Waals surface area contributed by atoms with E-state index in [4.69, 9.17) is 0 Å². The van der Waals surface area contributed by atoms with Crippen LogP contribution in [0.2, 0.25) is 0 Å². The van der Waals surface area contributed by atoms with Crippen LogP contribution in [0.5, 0.6) is 0 Å². The number of nitrogens with zero attached hydrogens (tertiary/aromatic N) is 1. The lowest BCUT2D eigenvalue weighted by atomic mass is 10.1. The van der Waals surface area contributed by atoms with Crippen molar-refractivity contribution in [2.24, 2.45) is 0 Å². The minimum Gasteiger partial charge on any atom is -0.465 e. The zero-order chi connectivity index (χ0) is 10.2. The fourth-order valence-electron chi connectivity index (χ4n) is 1.29. The van der Waals surface area contributed by atoms with Gasteiger partial charge in [-0.25, -0.2) is 9.18 Å². The zero-order valence-electron chi connectivity index (χ0n) is 7.79. The lowest BCUT2D eigenvalue weighted by Crippen LogP contribution is -2.06. The van der Waals surface area contributed by atoms with Gasteiger partial charge in [0.05, 0.1) is 18.4 Å². The van der Waals surface area contributed by atoms with E-state index in [1.807, 2.05) is 0 Å². The molecule has 0 spiro atoms. The van der Waals surface area contributed by atoms with Crippen molar-refractivity contribution in [3.05, 3.63) is 29.6 Å². The number of hydrogen-bond acceptors (Lipinski definition) is 3. The van der Waals surface area contributed by atoms with Crippen molar-refractivity contribution >= 4 is 5.97 Å². The predicted molar refractivity (Wildman–Crippen MR) is 47.6 cm³/mol. The fourth-order valence-corrected chi connectivity index (χ4v) is 1.29. The van der Waals surface area contributed by atoms with Crippen molar-refractivity contribution in [1.29, 1.82) is 0 Å². The van der Waals surface area contributed by atoms with E-state index >= 15 is 0 Å². The van der Waals surface area contributed by atoms with Crippen molar-refractivity contribution in [2.75, 3.05) is 7.11 Å². The summed E-state index contributed by atoms with van der Waals surface area (Å²) in [5.41, 5.74) is -0.619. The molecule has 0 N–H and O–H groups in total. The molecule has 0 aromatic carbocycles. The van der Waals surface area contributed by atoms with Crippen molar-refractivity contribution in [1.82, 2.24) is 4.98 Å². The number of halogens is 1. The monoisotopic (exact) mass is 195 g/mol. The predicted octanol–water partition coefficient (Wildman–Crippen LogP) is 1.83. The molecule has 1 aliphatic carbocycles. The third kappa shape index (κ3) is 1.47. The number of pyridine rings is 1. The molecular formula is C10H10FNO2. The Morgan fingerprint density at radius 1 is 1.64 bits per heavy atom. The first-order valence-electron chi connectivity index (χ1n) is 4.39. The number of esters is 1. The van der Waals surface area contributed by atoms with Crippen LogP contribution in [-0.2, 0) is 10.4 Å². The Kier molecular flexibility index (Phi) is 1.98. The minimum atomic E-state index is -1.30. The number of ether oxygens (including phenoxy) is 1. The summed E-state index contributed by atoms with van der Waals surface area (Å²) in [6, 6.07) is 2.97. The molecule has 0 unspecified atom stereocenters. The van der Waals surface area contributed by atoms with E-state index in [1.54, 1.807) is 0 Å². The van der Waals surface area contributed by atoms with Crippen molar-refractivity contribution in [3.8, 4) is 0 Å². The van der Waals surface area contributed by atoms with Gasteiger partial charge in [-0.2, -0.15) is 0 Å². The van der Waals surface area contributed by atoms with E-state index in [1.165, 1.54) is 25.4 Å². The van der Waals surface area contributed by atoms with Crippen LogP contribution < -0.4 is 0 Å². The highest BCUT2D eigenvalue weighted by Gasteiger charge is 2.46. The van der Waals surface area contributed by atoms with Crippen LogP contribution >= 0.6 is 0 Å². The van der Waals surface area contributed by atoms with Gasteiger partial charge in [-0.05, 0) is 25.0 Å². The maximum atomic E-state index is 13.6. The van der Waals surface area contributed by atoms with Gasteiger partial charge < -0.3 is 4.74 Å². The Morgan fingerprint density at radius 3 is 2.93 bits per heavy atom. The highest BCUT2D eigenvalue weighted by atomic mass is 19.1. The molecule has 14 heavy (non-hydrogen) atoms. The van der Waals surface area contributed by atoms with Crippen molar-refractivity contribution in [2.45, 2.75) is 18.5 Å². The molecule has 0 aliphatic heterocycles. The molecule has 0 saturated heterocycles. The second-order valence-electron chi connectivity index (χ2n) is 3.39. The zero-order valence-corrected chi connectivity index (χ0v) is 7.79. The van der Waals surface area contributed by atoms with E-state index in [0.29, 0.717) is 24.1 Å². The Labute approximate surface area is 80.9 Å². The molecular weight excluding hydrogens is 185 g/mol. The molecule has 0 radical (unpaired) electrons. The summed E-state index contributed by atoms with van der Waals surface area (Å²) in [4.78, 5) is 15.0. The first kappa shape index (κ1) is 9.12. The molecule has 0 bridgehead atoms. The smallest absolute Gasteiger partial charge is 0.337 e. The third-order valence-electron chi connectivity index (χ3n) is 2.33. The summed E-state index contributed by atoms with van der Waals surface area (Å²) in [5, 5.41) is 0. The number of carbonyl (C=O) groups excluding carboxylic acids is 1. The molecule has 0 atom stereocenters. The topological polar surface area (TPSA) is 39.2 Å². The molecule has 2 rings (SSSR count). The Balaban J connectivity index is 2.32. The fraction of sp³-hybridized carbons (Fsp3) is 0.400. The van der Waals surface area contributed by atoms with Crippen LogP contribution in [0, 0.1) is 0 Å². The molecule has 3 nitrogen and oxygen atoms in total. The average molecular weight is 195 g/mol. The largest absolute Gasteiger partial charge is 0.465 e. The van der Waals surface area contributed by atoms with Gasteiger partial charge in [0.1, 0.15) is 0 Å². The van der Waals surface area contributed by atoms with E-state index in [-0.39, 0.29) is 0 Å². The molecule has 4 heteroatoms. The quantitative estimate of drug-likeness (QED) is 0.676. The van der Waals surface area contributed by atoms with E-state index in [9.17, 15) is 9.18 Å². The lowest BCUT2D eigenvalue weighted by Gasteiger charge is -2.05. The summed E-state index contributed by atoms with van der Waals surface area (Å²) in [5.74, 6) is -0.460. The first-order chi connectivity index (χ1) is 6.65. The van der Waals surface area contributed by atoms with Crippen LogP contribution in [0.4, 0.5) is 4.39 Å². The van der Waals surface area contributed by atoms with Crippen LogP contribution in [-0.4, -0.2) is 18.1 Å². The van der Waals surface area contributed by atoms with Gasteiger partial charge in [0, 0.05) is 6.20 Å². The maximum absolute atomic E-state index is 13.6. The number of alkyl halides is 1. The van der Waals surface area contributed by atoms with Crippen molar-refractivity contribution in [3.63, 3.8) is 0 Å². The van der Waals surface area contributed by atoms with Gasteiger partial charge in [-0.1, -0.05) is 0 Å². The van der Waals surface area contributed by atoms with Gasteiger partial charge in [0.15, 0.2) is 5.67 Å². The molecule has 0 amide bonds. The first-order valence-corrected chi connectivity index (χ1v) is 4.39. The number of hydrogen-bond donors (Lipinski definition) is 0. The molecule has 1 saturated carbocycles. The summed E-state index contributed by atoms with van der Waals surface area (Å²) >= 11 is 0. The van der Waals surface area contributed by atoms with Crippen LogP contribution in [0.3, 0.4) is 0 Å². The molecule has 1 heterocycles. The second-order valence-corrected chi connectivity index (χ2v) is 3.39. The molecule has 1 aromatic rings. The molecule has 1 fully saturated rings. The minimum absolute atomic E-state index is 0.334. The van der Waals surface area contributed by atoms with E-state index in [0.717, 1.165) is 0 Å². The van der Waals surface area contributed by atoms with E-state index in [2.05, 4.69) is 9.72 Å². The van der Waals surface area contributed by atoms with Gasteiger partial charge in [0.2, 0.25) is 0 Å². The van der Waals surface area contributed by atoms with Gasteiger partial charge in [0.25, 0.3) is 0 Å². The van der Waals surface area contributed by atoms with Gasteiger partial charge >= 0.3 is 5.97 Å². The average Bonchev–Trinajstić information content (AvgIpc) is 2.97.